The lowest BCUT2D eigenvalue weighted by atomic mass is 9.97. The van der Waals surface area contributed by atoms with E-state index in [0.717, 1.165) is 24.1 Å². The normalized spacial score (nSPS) is 15.9. The lowest BCUT2D eigenvalue weighted by Gasteiger charge is -2.23. The molecule has 5 rings (SSSR count). The van der Waals surface area contributed by atoms with Gasteiger partial charge in [-0.25, -0.2) is 19.2 Å². The van der Waals surface area contributed by atoms with Crippen molar-refractivity contribution in [2.75, 3.05) is 42.7 Å². The summed E-state index contributed by atoms with van der Waals surface area (Å²) < 4.78 is 26.2. The Morgan fingerprint density at radius 3 is 2.82 bits per heavy atom. The van der Waals surface area contributed by atoms with Crippen molar-refractivity contribution < 1.29 is 18.7 Å². The Hall–Kier alpha value is -3.66. The Morgan fingerprint density at radius 2 is 2.00 bits per heavy atom. The maximum atomic E-state index is 15.3. The number of halogens is 1. The van der Waals surface area contributed by atoms with Crippen LogP contribution in [0.15, 0.2) is 24.5 Å². The number of ether oxygens (including phenoxy) is 2. The van der Waals surface area contributed by atoms with E-state index in [4.69, 9.17) is 15.2 Å². The van der Waals surface area contributed by atoms with Gasteiger partial charge >= 0.3 is 6.03 Å². The molecule has 1 saturated heterocycles. The smallest absolute Gasteiger partial charge is 0.320 e. The van der Waals surface area contributed by atoms with Crippen molar-refractivity contribution in [3.05, 3.63) is 35.9 Å². The van der Waals surface area contributed by atoms with Crippen molar-refractivity contribution in [2.45, 2.75) is 25.8 Å². The number of hydrogen-bond acceptors (Lipinski definition) is 7. The highest BCUT2D eigenvalue weighted by Gasteiger charge is 2.21. The summed E-state index contributed by atoms with van der Waals surface area (Å²) in [6.07, 6.45) is 4.60. The van der Waals surface area contributed by atoms with Gasteiger partial charge in [0.15, 0.2) is 5.82 Å². The number of hydrogen-bond donors (Lipinski definition) is 4. The van der Waals surface area contributed by atoms with Crippen molar-refractivity contribution in [3.63, 3.8) is 0 Å². The van der Waals surface area contributed by atoms with Gasteiger partial charge in [-0.1, -0.05) is 0 Å². The summed E-state index contributed by atoms with van der Waals surface area (Å²) in [5, 5.41) is 10.1. The number of carbonyl (C=O) groups excluding carboxylic acids is 1. The first-order chi connectivity index (χ1) is 16.0. The van der Waals surface area contributed by atoms with E-state index in [1.165, 1.54) is 6.20 Å². The van der Waals surface area contributed by atoms with Gasteiger partial charge in [0, 0.05) is 54.7 Å². The standard InChI is InChI=1S/C23H25FN6O3/c1-12-16(10-28-22-21(12)26-4-7-33-22)15-8-13-9-18(27-11-17(13)20(25)19(15)24)30-23(31)29-14-2-5-32-6-3-14/h8-11,14,26H,2-7,25H2,1H3,(H2,27,29,30,31). The maximum Gasteiger partial charge on any atom is 0.320 e. The largest absolute Gasteiger partial charge is 0.474 e. The number of fused-ring (bicyclic) bond motifs is 2. The summed E-state index contributed by atoms with van der Waals surface area (Å²) >= 11 is 0. The molecule has 10 heteroatoms. The van der Waals surface area contributed by atoms with E-state index in [1.54, 1.807) is 18.3 Å². The molecular weight excluding hydrogens is 427 g/mol. The molecule has 0 atom stereocenters. The zero-order valence-corrected chi connectivity index (χ0v) is 18.2. The molecular formula is C23H25FN6O3. The summed E-state index contributed by atoms with van der Waals surface area (Å²) in [4.78, 5) is 21.0. The second-order valence-corrected chi connectivity index (χ2v) is 8.18. The molecule has 0 radical (unpaired) electrons. The van der Waals surface area contributed by atoms with E-state index < -0.39 is 5.82 Å². The van der Waals surface area contributed by atoms with Gasteiger partial charge < -0.3 is 25.8 Å². The van der Waals surface area contributed by atoms with Crippen LogP contribution in [0.3, 0.4) is 0 Å². The molecule has 0 aliphatic carbocycles. The zero-order valence-electron chi connectivity index (χ0n) is 18.2. The molecule has 2 aromatic heterocycles. The first kappa shape index (κ1) is 21.2. The molecule has 0 spiro atoms. The van der Waals surface area contributed by atoms with Crippen LogP contribution < -0.4 is 26.4 Å². The minimum absolute atomic E-state index is 0.00506. The molecule has 172 valence electrons. The summed E-state index contributed by atoms with van der Waals surface area (Å²) in [6.45, 7) is 4.33. The fourth-order valence-electron chi connectivity index (χ4n) is 4.23. The van der Waals surface area contributed by atoms with Gasteiger partial charge in [0.1, 0.15) is 18.1 Å². The Kier molecular flexibility index (Phi) is 5.59. The van der Waals surface area contributed by atoms with Gasteiger partial charge in [0.25, 0.3) is 0 Å². The summed E-state index contributed by atoms with van der Waals surface area (Å²) in [5.74, 6) is 0.311. The Morgan fingerprint density at radius 1 is 1.18 bits per heavy atom. The number of nitrogen functional groups attached to an aromatic ring is 1. The maximum absolute atomic E-state index is 15.3. The highest BCUT2D eigenvalue weighted by atomic mass is 19.1. The number of anilines is 3. The van der Waals surface area contributed by atoms with Crippen molar-refractivity contribution >= 4 is 34.0 Å². The minimum Gasteiger partial charge on any atom is -0.474 e. The molecule has 2 aliphatic heterocycles. The fraction of sp³-hybridized carbons (Fsp3) is 0.348. The van der Waals surface area contributed by atoms with E-state index in [0.29, 0.717) is 60.0 Å². The van der Waals surface area contributed by atoms with Gasteiger partial charge in [0.2, 0.25) is 5.88 Å². The third-order valence-electron chi connectivity index (χ3n) is 6.03. The molecule has 3 aromatic rings. The number of aromatic nitrogens is 2. The lowest BCUT2D eigenvalue weighted by Crippen LogP contribution is -2.41. The first-order valence-corrected chi connectivity index (χ1v) is 10.9. The third kappa shape index (κ3) is 4.09. The molecule has 1 aromatic carbocycles. The number of carbonyl (C=O) groups is 1. The van der Waals surface area contributed by atoms with E-state index >= 15 is 4.39 Å². The summed E-state index contributed by atoms with van der Waals surface area (Å²) in [6, 6.07) is 3.10. The van der Waals surface area contributed by atoms with Gasteiger partial charge in [-0.3, -0.25) is 5.32 Å². The van der Waals surface area contributed by atoms with Crippen LogP contribution in [0.1, 0.15) is 18.4 Å². The Bertz CT molecular complexity index is 1230. The number of pyridine rings is 2. The molecule has 4 heterocycles. The molecule has 2 amide bonds. The van der Waals surface area contributed by atoms with Gasteiger partial charge in [-0.05, 0) is 42.8 Å². The van der Waals surface area contributed by atoms with Crippen LogP contribution in [0.4, 0.5) is 26.4 Å². The van der Waals surface area contributed by atoms with Crippen molar-refractivity contribution in [2.24, 2.45) is 0 Å². The van der Waals surface area contributed by atoms with Crippen LogP contribution in [0.25, 0.3) is 21.9 Å². The molecule has 33 heavy (non-hydrogen) atoms. The van der Waals surface area contributed by atoms with E-state index in [-0.39, 0.29) is 17.8 Å². The predicted molar refractivity (Wildman–Crippen MR) is 124 cm³/mol. The second-order valence-electron chi connectivity index (χ2n) is 8.18. The highest BCUT2D eigenvalue weighted by Crippen LogP contribution is 2.39. The number of nitrogens with one attached hydrogen (secondary N) is 3. The second kappa shape index (κ2) is 8.70. The van der Waals surface area contributed by atoms with Gasteiger partial charge in [-0.15, -0.1) is 0 Å². The number of nitrogens with zero attached hydrogens (tertiary/aromatic N) is 2. The monoisotopic (exact) mass is 452 g/mol. The molecule has 2 aliphatic rings. The Balaban J connectivity index is 1.47. The fourth-order valence-corrected chi connectivity index (χ4v) is 4.23. The lowest BCUT2D eigenvalue weighted by molar-refractivity contribution is 0.0806. The minimum atomic E-state index is -0.538. The predicted octanol–water partition coefficient (Wildman–Crippen LogP) is 3.43. The number of benzene rings is 1. The summed E-state index contributed by atoms with van der Waals surface area (Å²) in [5.41, 5.74) is 8.63. The SMILES string of the molecule is Cc1c(-c2cc3cc(NC(=O)NC4CCOCC4)ncc3c(N)c2F)cnc2c1NCCO2. The number of amides is 2. The van der Waals surface area contributed by atoms with Crippen LogP contribution in [0, 0.1) is 12.7 Å². The number of rotatable bonds is 3. The molecule has 1 fully saturated rings. The average molecular weight is 452 g/mol. The van der Waals surface area contributed by atoms with Crippen LogP contribution in [-0.4, -0.2) is 48.4 Å². The Labute approximate surface area is 189 Å². The van der Waals surface area contributed by atoms with Gasteiger partial charge in [0.05, 0.1) is 5.69 Å². The highest BCUT2D eigenvalue weighted by molar-refractivity contribution is 6.00. The molecule has 0 unspecified atom stereocenters. The van der Waals surface area contributed by atoms with Crippen LogP contribution in [0.2, 0.25) is 0 Å². The molecule has 0 saturated carbocycles. The van der Waals surface area contributed by atoms with Crippen LogP contribution >= 0.6 is 0 Å². The average Bonchev–Trinajstić information content (AvgIpc) is 2.82. The van der Waals surface area contributed by atoms with E-state index in [1.807, 2.05) is 6.92 Å². The topological polar surface area (TPSA) is 123 Å². The number of nitrogens with two attached hydrogens (primary N) is 1. The third-order valence-corrected chi connectivity index (χ3v) is 6.03. The van der Waals surface area contributed by atoms with Crippen LogP contribution in [-0.2, 0) is 4.74 Å². The zero-order chi connectivity index (χ0) is 22.9. The molecule has 9 nitrogen and oxygen atoms in total. The molecule has 0 bridgehead atoms. The number of urea groups is 1. The molecule has 5 N–H and O–H groups in total. The first-order valence-electron chi connectivity index (χ1n) is 10.9. The van der Waals surface area contributed by atoms with Crippen molar-refractivity contribution in [3.8, 4) is 17.0 Å². The van der Waals surface area contributed by atoms with Crippen molar-refractivity contribution in [1.82, 2.24) is 15.3 Å². The van der Waals surface area contributed by atoms with E-state index in [2.05, 4.69) is 25.9 Å². The summed E-state index contributed by atoms with van der Waals surface area (Å²) in [7, 11) is 0. The quantitative estimate of drug-likeness (QED) is 0.449. The van der Waals surface area contributed by atoms with Crippen molar-refractivity contribution in [1.29, 1.82) is 0 Å². The van der Waals surface area contributed by atoms with Crippen LogP contribution in [0.5, 0.6) is 5.88 Å². The van der Waals surface area contributed by atoms with Gasteiger partial charge in [-0.2, -0.15) is 0 Å². The van der Waals surface area contributed by atoms with E-state index in [9.17, 15) is 4.79 Å².